The Morgan fingerprint density at radius 3 is 2.60 bits per heavy atom. The van der Waals surface area contributed by atoms with Crippen molar-refractivity contribution in [2.24, 2.45) is 0 Å². The molecule has 0 saturated heterocycles. The summed E-state index contributed by atoms with van der Waals surface area (Å²) in [5, 5.41) is 3.55. The Balaban J connectivity index is 2.33. The van der Waals surface area contributed by atoms with Gasteiger partial charge in [0.2, 0.25) is 11.9 Å². The van der Waals surface area contributed by atoms with Crippen LogP contribution in [0.25, 0.3) is 0 Å². The largest absolute Gasteiger partial charge is 0.423 e. The van der Waals surface area contributed by atoms with Crippen molar-refractivity contribution in [3.8, 4) is 11.8 Å². The zero-order valence-electron chi connectivity index (χ0n) is 11.6. The number of hydrogen-bond acceptors (Lipinski definition) is 6. The van der Waals surface area contributed by atoms with Gasteiger partial charge in [0, 0.05) is 20.6 Å². The van der Waals surface area contributed by atoms with Crippen LogP contribution in [0.2, 0.25) is 5.02 Å². The lowest BCUT2D eigenvalue weighted by atomic mass is 10.3. The van der Waals surface area contributed by atoms with Gasteiger partial charge < -0.3 is 15.0 Å². The van der Waals surface area contributed by atoms with Gasteiger partial charge in [-0.25, -0.2) is 0 Å². The molecule has 1 aromatic carbocycles. The van der Waals surface area contributed by atoms with E-state index in [1.807, 2.05) is 33.2 Å². The van der Waals surface area contributed by atoms with Crippen LogP contribution < -0.4 is 15.0 Å². The van der Waals surface area contributed by atoms with Crippen LogP contribution in [0.15, 0.2) is 24.3 Å². The Morgan fingerprint density at radius 2 is 1.95 bits per heavy atom. The number of anilines is 2. The molecule has 1 heterocycles. The van der Waals surface area contributed by atoms with Crippen LogP contribution in [0.4, 0.5) is 11.9 Å². The summed E-state index contributed by atoms with van der Waals surface area (Å²) in [6.45, 7) is 2.68. The van der Waals surface area contributed by atoms with E-state index < -0.39 is 0 Å². The minimum Gasteiger partial charge on any atom is -0.423 e. The molecule has 0 aliphatic heterocycles. The van der Waals surface area contributed by atoms with E-state index in [-0.39, 0.29) is 6.01 Å². The first-order chi connectivity index (χ1) is 9.60. The molecule has 0 atom stereocenters. The molecule has 2 rings (SSSR count). The maximum atomic E-state index is 6.06. The molecule has 20 heavy (non-hydrogen) atoms. The summed E-state index contributed by atoms with van der Waals surface area (Å²) >= 11 is 6.06. The number of nitrogens with one attached hydrogen (secondary N) is 1. The summed E-state index contributed by atoms with van der Waals surface area (Å²) < 4.78 is 5.63. The van der Waals surface area contributed by atoms with Crippen LogP contribution >= 0.6 is 11.6 Å². The molecule has 7 heteroatoms. The van der Waals surface area contributed by atoms with Crippen LogP contribution in [0.5, 0.6) is 11.8 Å². The number of para-hydroxylation sites is 1. The minimum absolute atomic E-state index is 0.202. The van der Waals surface area contributed by atoms with E-state index in [0.29, 0.717) is 29.2 Å². The van der Waals surface area contributed by atoms with Gasteiger partial charge in [-0.3, -0.25) is 0 Å². The molecule has 1 aromatic heterocycles. The Labute approximate surface area is 122 Å². The van der Waals surface area contributed by atoms with E-state index in [0.717, 1.165) is 0 Å². The predicted molar refractivity (Wildman–Crippen MR) is 79.8 cm³/mol. The number of halogens is 1. The third kappa shape index (κ3) is 3.48. The summed E-state index contributed by atoms with van der Waals surface area (Å²) in [6, 6.07) is 7.37. The van der Waals surface area contributed by atoms with Gasteiger partial charge in [0.25, 0.3) is 0 Å². The predicted octanol–water partition coefficient (Wildman–Crippen LogP) is 2.82. The van der Waals surface area contributed by atoms with E-state index in [4.69, 9.17) is 16.3 Å². The van der Waals surface area contributed by atoms with E-state index in [1.165, 1.54) is 0 Å². The molecule has 0 aliphatic rings. The molecule has 0 unspecified atom stereocenters. The minimum atomic E-state index is 0.202. The fourth-order valence-corrected chi connectivity index (χ4v) is 1.63. The Hall–Kier alpha value is -2.08. The highest BCUT2D eigenvalue weighted by molar-refractivity contribution is 6.32. The third-order valence-corrected chi connectivity index (χ3v) is 2.69. The quantitative estimate of drug-likeness (QED) is 0.914. The number of ether oxygens (including phenoxy) is 1. The zero-order valence-corrected chi connectivity index (χ0v) is 12.3. The lowest BCUT2D eigenvalue weighted by Gasteiger charge is -2.13. The molecular weight excluding hydrogens is 278 g/mol. The molecule has 0 saturated carbocycles. The Bertz CT molecular complexity index is 591. The second kappa shape index (κ2) is 6.38. The number of rotatable bonds is 5. The smallest absolute Gasteiger partial charge is 0.328 e. The highest BCUT2D eigenvalue weighted by Gasteiger charge is 2.10. The van der Waals surface area contributed by atoms with Crippen LogP contribution in [0, 0.1) is 0 Å². The van der Waals surface area contributed by atoms with Crippen LogP contribution in [-0.4, -0.2) is 35.6 Å². The van der Waals surface area contributed by atoms with Crippen molar-refractivity contribution < 1.29 is 4.74 Å². The average Bonchev–Trinajstić information content (AvgIpc) is 2.41. The van der Waals surface area contributed by atoms with Gasteiger partial charge in [0.05, 0.1) is 5.02 Å². The van der Waals surface area contributed by atoms with Gasteiger partial charge in [0.15, 0.2) is 0 Å². The van der Waals surface area contributed by atoms with Gasteiger partial charge in [-0.05, 0) is 19.1 Å². The third-order valence-electron chi connectivity index (χ3n) is 2.38. The molecule has 0 amide bonds. The Morgan fingerprint density at radius 1 is 1.20 bits per heavy atom. The summed E-state index contributed by atoms with van der Waals surface area (Å²) in [4.78, 5) is 14.5. The van der Waals surface area contributed by atoms with Gasteiger partial charge in [-0.15, -0.1) is 0 Å². The summed E-state index contributed by atoms with van der Waals surface area (Å²) in [6.07, 6.45) is 0. The lowest BCUT2D eigenvalue weighted by Crippen LogP contribution is -2.15. The molecule has 106 valence electrons. The maximum absolute atomic E-state index is 6.06. The maximum Gasteiger partial charge on any atom is 0.328 e. The standard InChI is InChI=1S/C13H16ClN5O/c1-4-15-11-16-12(19(2)3)18-13(17-11)20-10-8-6-5-7-9(10)14/h5-8H,4H2,1-3H3,(H,15,16,17,18). The number of aromatic nitrogens is 3. The van der Waals surface area contributed by atoms with Gasteiger partial charge in [-0.2, -0.15) is 15.0 Å². The SMILES string of the molecule is CCNc1nc(Oc2ccccc2Cl)nc(N(C)C)n1. The second-order valence-corrected chi connectivity index (χ2v) is 4.61. The number of benzene rings is 1. The van der Waals surface area contributed by atoms with Crippen molar-refractivity contribution in [2.45, 2.75) is 6.92 Å². The lowest BCUT2D eigenvalue weighted by molar-refractivity contribution is 0.441. The van der Waals surface area contributed by atoms with E-state index in [9.17, 15) is 0 Å². The van der Waals surface area contributed by atoms with Crippen LogP contribution in [0.1, 0.15) is 6.92 Å². The molecule has 0 radical (unpaired) electrons. The van der Waals surface area contributed by atoms with Crippen molar-refractivity contribution in [3.63, 3.8) is 0 Å². The van der Waals surface area contributed by atoms with E-state index in [1.54, 1.807) is 17.0 Å². The summed E-state index contributed by atoms with van der Waals surface area (Å²) in [5.74, 6) is 1.48. The fourth-order valence-electron chi connectivity index (χ4n) is 1.45. The normalized spacial score (nSPS) is 10.2. The van der Waals surface area contributed by atoms with Crippen LogP contribution in [0.3, 0.4) is 0 Å². The molecule has 6 nitrogen and oxygen atoms in total. The zero-order chi connectivity index (χ0) is 14.5. The first-order valence-electron chi connectivity index (χ1n) is 6.19. The topological polar surface area (TPSA) is 63.2 Å². The molecule has 1 N–H and O–H groups in total. The number of hydrogen-bond donors (Lipinski definition) is 1. The van der Waals surface area contributed by atoms with Crippen molar-refractivity contribution in [1.82, 2.24) is 15.0 Å². The van der Waals surface area contributed by atoms with Crippen molar-refractivity contribution in [2.75, 3.05) is 30.9 Å². The molecule has 2 aromatic rings. The first kappa shape index (κ1) is 14.3. The average molecular weight is 294 g/mol. The van der Waals surface area contributed by atoms with Crippen molar-refractivity contribution in [3.05, 3.63) is 29.3 Å². The highest BCUT2D eigenvalue weighted by atomic mass is 35.5. The highest BCUT2D eigenvalue weighted by Crippen LogP contribution is 2.27. The number of nitrogens with zero attached hydrogens (tertiary/aromatic N) is 4. The summed E-state index contributed by atoms with van der Waals surface area (Å²) in [5.41, 5.74) is 0. The first-order valence-corrected chi connectivity index (χ1v) is 6.57. The van der Waals surface area contributed by atoms with Crippen LogP contribution in [-0.2, 0) is 0 Å². The molecular formula is C13H16ClN5O. The molecule has 0 bridgehead atoms. The molecule has 0 aliphatic carbocycles. The van der Waals surface area contributed by atoms with Gasteiger partial charge in [-0.1, -0.05) is 23.7 Å². The van der Waals surface area contributed by atoms with E-state index in [2.05, 4.69) is 20.3 Å². The summed E-state index contributed by atoms with van der Waals surface area (Å²) in [7, 11) is 3.70. The van der Waals surface area contributed by atoms with E-state index >= 15 is 0 Å². The van der Waals surface area contributed by atoms with Crippen molar-refractivity contribution >= 4 is 23.5 Å². The Kier molecular flexibility index (Phi) is 4.57. The molecule has 0 fully saturated rings. The fraction of sp³-hybridized carbons (Fsp3) is 0.308. The van der Waals surface area contributed by atoms with Crippen molar-refractivity contribution in [1.29, 1.82) is 0 Å². The van der Waals surface area contributed by atoms with Gasteiger partial charge >= 0.3 is 6.01 Å². The molecule has 0 spiro atoms. The monoisotopic (exact) mass is 293 g/mol. The second-order valence-electron chi connectivity index (χ2n) is 4.20. The van der Waals surface area contributed by atoms with Gasteiger partial charge in [0.1, 0.15) is 5.75 Å².